The van der Waals surface area contributed by atoms with Gasteiger partial charge in [-0.05, 0) is 30.2 Å². The van der Waals surface area contributed by atoms with E-state index in [-0.39, 0.29) is 1.43 Å². The molecule has 0 spiro atoms. The van der Waals surface area contributed by atoms with E-state index < -0.39 is 0 Å². The van der Waals surface area contributed by atoms with Crippen LogP contribution in [-0.4, -0.2) is 0 Å². The minimum absolute atomic E-state index is 0. The van der Waals surface area contributed by atoms with Gasteiger partial charge in [0.15, 0.2) is 5.88 Å². The molecular formula is C18H23NO. The highest BCUT2D eigenvalue weighted by atomic mass is 16.5. The molecule has 0 bridgehead atoms. The van der Waals surface area contributed by atoms with Gasteiger partial charge in [-0.3, -0.25) is 0 Å². The van der Waals surface area contributed by atoms with E-state index >= 15 is 0 Å². The predicted molar refractivity (Wildman–Crippen MR) is 86.5 cm³/mol. The number of para-hydroxylation sites is 1. The molecule has 106 valence electrons. The van der Waals surface area contributed by atoms with Gasteiger partial charge in [0, 0.05) is 7.11 Å². The highest BCUT2D eigenvalue weighted by Crippen LogP contribution is 2.19. The predicted octanol–water partition coefficient (Wildman–Crippen LogP) is 4.99. The molecule has 2 heteroatoms. The number of anilines is 1. The van der Waals surface area contributed by atoms with E-state index in [1.54, 1.807) is 0 Å². The molecule has 0 aliphatic carbocycles. The second-order valence-electron chi connectivity index (χ2n) is 4.73. The second-order valence-corrected chi connectivity index (χ2v) is 4.73. The third-order valence-electron chi connectivity index (χ3n) is 3.07. The molecule has 0 radical (unpaired) electrons. The Balaban J connectivity index is 0.00000220. The van der Waals surface area contributed by atoms with Crippen LogP contribution in [0.2, 0.25) is 0 Å². The van der Waals surface area contributed by atoms with Crippen LogP contribution in [-0.2, 0) is 17.8 Å². The van der Waals surface area contributed by atoms with Crippen LogP contribution in [0.5, 0.6) is 0 Å². The minimum atomic E-state index is 0. The molecule has 0 aliphatic rings. The van der Waals surface area contributed by atoms with E-state index in [1.165, 1.54) is 5.56 Å². The van der Waals surface area contributed by atoms with Crippen LogP contribution in [0.4, 0.5) is 5.69 Å². The van der Waals surface area contributed by atoms with Crippen molar-refractivity contribution < 1.29 is 6.16 Å². The Morgan fingerprint density at radius 2 is 1.80 bits per heavy atom. The van der Waals surface area contributed by atoms with Crippen molar-refractivity contribution in [3.05, 3.63) is 78.2 Å². The van der Waals surface area contributed by atoms with Gasteiger partial charge in [-0.25, -0.2) is 0 Å². The SMILES string of the molecule is C=C(Nc1ccccc1CCC)OCc1ccccc1.[HH]. The maximum absolute atomic E-state index is 5.66. The summed E-state index contributed by atoms with van der Waals surface area (Å²) in [5, 5.41) is 3.25. The van der Waals surface area contributed by atoms with Crippen molar-refractivity contribution in [3.8, 4) is 0 Å². The molecule has 2 nitrogen and oxygen atoms in total. The number of benzene rings is 2. The van der Waals surface area contributed by atoms with Crippen LogP contribution in [0.15, 0.2) is 67.1 Å². The number of hydrogen-bond donors (Lipinski definition) is 1. The van der Waals surface area contributed by atoms with Gasteiger partial charge in [-0.1, -0.05) is 61.9 Å². The van der Waals surface area contributed by atoms with E-state index in [0.29, 0.717) is 12.5 Å². The quantitative estimate of drug-likeness (QED) is 0.715. The first-order valence-corrected chi connectivity index (χ1v) is 7.00. The number of rotatable bonds is 7. The molecule has 0 saturated heterocycles. The van der Waals surface area contributed by atoms with Gasteiger partial charge in [-0.15, -0.1) is 0 Å². The van der Waals surface area contributed by atoms with Gasteiger partial charge in [0.2, 0.25) is 0 Å². The molecule has 1 N–H and O–H groups in total. The average Bonchev–Trinajstić information content (AvgIpc) is 2.49. The van der Waals surface area contributed by atoms with E-state index in [4.69, 9.17) is 4.74 Å². The first-order chi connectivity index (χ1) is 9.79. The third kappa shape index (κ3) is 4.16. The molecule has 0 amide bonds. The average molecular weight is 269 g/mol. The Morgan fingerprint density at radius 3 is 2.55 bits per heavy atom. The zero-order valence-corrected chi connectivity index (χ0v) is 11.9. The first-order valence-electron chi connectivity index (χ1n) is 7.00. The summed E-state index contributed by atoms with van der Waals surface area (Å²) in [6.45, 7) is 6.64. The molecule has 0 atom stereocenters. The Kier molecular flexibility index (Phi) is 5.24. The van der Waals surface area contributed by atoms with Crippen molar-refractivity contribution in [3.63, 3.8) is 0 Å². The van der Waals surface area contributed by atoms with Crippen molar-refractivity contribution in [1.82, 2.24) is 0 Å². The molecule has 0 unspecified atom stereocenters. The molecular weight excluding hydrogens is 246 g/mol. The molecule has 0 aromatic heterocycles. The van der Waals surface area contributed by atoms with Crippen molar-refractivity contribution >= 4 is 5.69 Å². The first kappa shape index (κ1) is 14.2. The van der Waals surface area contributed by atoms with Crippen molar-refractivity contribution in [2.75, 3.05) is 5.32 Å². The smallest absolute Gasteiger partial charge is 0.184 e. The molecule has 0 aliphatic heterocycles. The van der Waals surface area contributed by atoms with E-state index in [1.807, 2.05) is 36.4 Å². The molecule has 0 heterocycles. The van der Waals surface area contributed by atoms with Gasteiger partial charge in [0.1, 0.15) is 6.61 Å². The zero-order chi connectivity index (χ0) is 14.2. The summed E-state index contributed by atoms with van der Waals surface area (Å²) in [4.78, 5) is 0. The van der Waals surface area contributed by atoms with Gasteiger partial charge in [-0.2, -0.15) is 0 Å². The standard InChI is InChI=1S/C18H21NO.H2/c1-3-9-17-12-7-8-13-18(17)19-15(2)20-14-16-10-5-4-6-11-16;/h4-8,10-13,19H,2-3,9,14H2,1H3;1H. The fourth-order valence-electron chi connectivity index (χ4n) is 2.06. The topological polar surface area (TPSA) is 21.3 Å². The van der Waals surface area contributed by atoms with Crippen LogP contribution in [0.25, 0.3) is 0 Å². The van der Waals surface area contributed by atoms with Crippen LogP contribution < -0.4 is 5.32 Å². The number of aryl methyl sites for hydroxylation is 1. The zero-order valence-electron chi connectivity index (χ0n) is 11.9. The van der Waals surface area contributed by atoms with Crippen LogP contribution in [0.3, 0.4) is 0 Å². The molecule has 0 saturated carbocycles. The third-order valence-corrected chi connectivity index (χ3v) is 3.07. The Hall–Kier alpha value is -2.22. The Labute approximate surface area is 122 Å². The highest BCUT2D eigenvalue weighted by molar-refractivity contribution is 5.53. The molecule has 0 fully saturated rings. The summed E-state index contributed by atoms with van der Waals surface area (Å²) < 4.78 is 5.66. The van der Waals surface area contributed by atoms with Crippen LogP contribution in [0.1, 0.15) is 25.9 Å². The van der Waals surface area contributed by atoms with Gasteiger partial charge in [0.25, 0.3) is 0 Å². The lowest BCUT2D eigenvalue weighted by Crippen LogP contribution is -2.05. The van der Waals surface area contributed by atoms with Crippen molar-refractivity contribution in [2.45, 2.75) is 26.4 Å². The van der Waals surface area contributed by atoms with Gasteiger partial charge < -0.3 is 10.1 Å². The molecule has 2 aromatic carbocycles. The molecule has 2 aromatic rings. The number of ether oxygens (including phenoxy) is 1. The second kappa shape index (κ2) is 7.39. The van der Waals surface area contributed by atoms with Crippen molar-refractivity contribution in [1.29, 1.82) is 0 Å². The summed E-state index contributed by atoms with van der Waals surface area (Å²) >= 11 is 0. The monoisotopic (exact) mass is 269 g/mol. The molecule has 2 rings (SSSR count). The van der Waals surface area contributed by atoms with Gasteiger partial charge >= 0.3 is 0 Å². The van der Waals surface area contributed by atoms with Crippen LogP contribution in [0, 0.1) is 0 Å². The lowest BCUT2D eigenvalue weighted by atomic mass is 10.1. The fraction of sp³-hybridized carbons (Fsp3) is 0.222. The summed E-state index contributed by atoms with van der Waals surface area (Å²) in [6.07, 6.45) is 2.17. The van der Waals surface area contributed by atoms with E-state index in [2.05, 4.69) is 37.0 Å². The summed E-state index contributed by atoms with van der Waals surface area (Å²) in [5.41, 5.74) is 3.50. The Morgan fingerprint density at radius 1 is 1.10 bits per heavy atom. The number of hydrogen-bond acceptors (Lipinski definition) is 2. The van der Waals surface area contributed by atoms with E-state index in [0.717, 1.165) is 24.1 Å². The summed E-state index contributed by atoms with van der Waals surface area (Å²) in [6, 6.07) is 18.4. The lowest BCUT2D eigenvalue weighted by Gasteiger charge is -2.14. The maximum Gasteiger partial charge on any atom is 0.184 e. The van der Waals surface area contributed by atoms with Crippen molar-refractivity contribution in [2.24, 2.45) is 0 Å². The fourth-order valence-corrected chi connectivity index (χ4v) is 2.06. The molecule has 20 heavy (non-hydrogen) atoms. The van der Waals surface area contributed by atoms with Gasteiger partial charge in [0.05, 0.1) is 0 Å². The maximum atomic E-state index is 5.66. The normalized spacial score (nSPS) is 10.1. The number of nitrogens with one attached hydrogen (secondary N) is 1. The minimum Gasteiger partial charge on any atom is -0.475 e. The highest BCUT2D eigenvalue weighted by Gasteiger charge is 2.02. The summed E-state index contributed by atoms with van der Waals surface area (Å²) in [7, 11) is 0. The lowest BCUT2D eigenvalue weighted by molar-refractivity contribution is 0.205. The van der Waals surface area contributed by atoms with E-state index in [9.17, 15) is 0 Å². The Bertz CT molecular complexity index is 554. The summed E-state index contributed by atoms with van der Waals surface area (Å²) in [5.74, 6) is 0.581. The largest absolute Gasteiger partial charge is 0.475 e. The van der Waals surface area contributed by atoms with Crippen LogP contribution >= 0.6 is 0 Å².